The molecule has 1 aromatic carbocycles. The van der Waals surface area contributed by atoms with Crippen LogP contribution in [0.3, 0.4) is 0 Å². The van der Waals surface area contributed by atoms with Crippen LogP contribution >= 0.6 is 11.8 Å². The second kappa shape index (κ2) is 6.19. The van der Waals surface area contributed by atoms with Crippen LogP contribution in [0.4, 0.5) is 0 Å². The lowest BCUT2D eigenvalue weighted by molar-refractivity contribution is -0.116. The predicted molar refractivity (Wildman–Crippen MR) is 77.6 cm³/mol. The molecule has 5 nitrogen and oxygen atoms in total. The first-order valence-electron chi connectivity index (χ1n) is 5.66. The van der Waals surface area contributed by atoms with Gasteiger partial charge in [0.1, 0.15) is 5.75 Å². The Hall–Kier alpha value is -2.08. The number of amides is 1. The Morgan fingerprint density at radius 1 is 1.53 bits per heavy atom. The number of phenolic OH excluding ortho intramolecular Hbond substituents is 1. The lowest BCUT2D eigenvalue weighted by atomic mass is 10.1. The van der Waals surface area contributed by atoms with E-state index in [-0.39, 0.29) is 11.7 Å². The summed E-state index contributed by atoms with van der Waals surface area (Å²) >= 11 is 1.30. The van der Waals surface area contributed by atoms with Gasteiger partial charge < -0.3 is 10.4 Å². The van der Waals surface area contributed by atoms with Crippen LogP contribution in [0.15, 0.2) is 41.1 Å². The molecule has 1 aliphatic heterocycles. The molecule has 1 fully saturated rings. The number of aromatic hydroxyl groups is 1. The molecule has 0 aliphatic carbocycles. The third-order valence-corrected chi connectivity index (χ3v) is 3.31. The van der Waals surface area contributed by atoms with Gasteiger partial charge in [-0.2, -0.15) is 5.10 Å². The van der Waals surface area contributed by atoms with Gasteiger partial charge >= 0.3 is 0 Å². The van der Waals surface area contributed by atoms with E-state index in [4.69, 9.17) is 0 Å². The number of rotatable bonds is 4. The summed E-state index contributed by atoms with van der Waals surface area (Å²) in [6.07, 6.45) is 3.77. The van der Waals surface area contributed by atoms with Gasteiger partial charge in [0.2, 0.25) is 5.91 Å². The van der Waals surface area contributed by atoms with E-state index < -0.39 is 0 Å². The zero-order valence-electron chi connectivity index (χ0n) is 10.2. The Morgan fingerprint density at radius 2 is 2.37 bits per heavy atom. The standard InChI is InChI=1S/C13H13N3O2S/c1-2-4-9-5-3-6-10(12(9)18)7-14-16-13-15-11(17)8-19-13/h2-3,5-7,18H,1,4,8H2,(H,15,16,17)/b14-7+. The third-order valence-electron chi connectivity index (χ3n) is 2.45. The molecule has 0 atom stereocenters. The average molecular weight is 275 g/mol. The molecule has 1 saturated heterocycles. The van der Waals surface area contributed by atoms with Crippen molar-refractivity contribution < 1.29 is 9.90 Å². The number of nitrogens with one attached hydrogen (secondary N) is 1. The number of allylic oxidation sites excluding steroid dienone is 1. The largest absolute Gasteiger partial charge is 0.507 e. The van der Waals surface area contributed by atoms with Crippen molar-refractivity contribution in [2.75, 3.05) is 5.75 Å². The highest BCUT2D eigenvalue weighted by Gasteiger charge is 2.15. The third kappa shape index (κ3) is 3.45. The minimum absolute atomic E-state index is 0.0743. The number of phenols is 1. The first kappa shape index (κ1) is 13.4. The molecule has 0 saturated carbocycles. The molecule has 0 radical (unpaired) electrons. The maximum absolute atomic E-state index is 10.9. The lowest BCUT2D eigenvalue weighted by Crippen LogP contribution is -2.19. The fraction of sp³-hybridized carbons (Fsp3) is 0.154. The zero-order valence-corrected chi connectivity index (χ0v) is 11.0. The summed E-state index contributed by atoms with van der Waals surface area (Å²) in [6, 6.07) is 5.40. The monoisotopic (exact) mass is 275 g/mol. The Bertz CT molecular complexity index is 567. The van der Waals surface area contributed by atoms with E-state index in [1.807, 2.05) is 12.1 Å². The van der Waals surface area contributed by atoms with Gasteiger partial charge in [-0.3, -0.25) is 4.79 Å². The number of para-hydroxylation sites is 1. The van der Waals surface area contributed by atoms with Crippen LogP contribution in [-0.4, -0.2) is 28.1 Å². The average Bonchev–Trinajstić information content (AvgIpc) is 2.80. The summed E-state index contributed by atoms with van der Waals surface area (Å²) in [5.41, 5.74) is 1.37. The van der Waals surface area contributed by atoms with Crippen molar-refractivity contribution in [2.24, 2.45) is 10.2 Å². The molecular formula is C13H13N3O2S. The number of benzene rings is 1. The Morgan fingerprint density at radius 3 is 3.05 bits per heavy atom. The fourth-order valence-corrected chi connectivity index (χ4v) is 2.19. The Balaban J connectivity index is 2.12. The molecule has 1 aromatic rings. The van der Waals surface area contributed by atoms with Crippen LogP contribution in [0.5, 0.6) is 5.75 Å². The Kier molecular flexibility index (Phi) is 4.35. The van der Waals surface area contributed by atoms with Crippen molar-refractivity contribution in [1.82, 2.24) is 5.32 Å². The van der Waals surface area contributed by atoms with E-state index >= 15 is 0 Å². The quantitative estimate of drug-likeness (QED) is 0.499. The first-order valence-corrected chi connectivity index (χ1v) is 6.64. The van der Waals surface area contributed by atoms with Gasteiger partial charge in [-0.15, -0.1) is 11.7 Å². The normalized spacial score (nSPS) is 17.1. The van der Waals surface area contributed by atoms with Crippen molar-refractivity contribution in [2.45, 2.75) is 6.42 Å². The molecule has 19 heavy (non-hydrogen) atoms. The van der Waals surface area contributed by atoms with Crippen molar-refractivity contribution in [3.8, 4) is 5.75 Å². The summed E-state index contributed by atoms with van der Waals surface area (Å²) in [7, 11) is 0. The van der Waals surface area contributed by atoms with Gasteiger partial charge in [0, 0.05) is 5.56 Å². The highest BCUT2D eigenvalue weighted by molar-refractivity contribution is 8.15. The van der Waals surface area contributed by atoms with E-state index in [0.717, 1.165) is 5.56 Å². The molecule has 2 rings (SSSR count). The van der Waals surface area contributed by atoms with Crippen LogP contribution in [0.25, 0.3) is 0 Å². The molecule has 1 aliphatic rings. The molecule has 2 N–H and O–H groups in total. The molecule has 98 valence electrons. The molecule has 0 unspecified atom stereocenters. The van der Waals surface area contributed by atoms with Crippen molar-refractivity contribution in [3.63, 3.8) is 0 Å². The van der Waals surface area contributed by atoms with E-state index in [1.165, 1.54) is 18.0 Å². The summed E-state index contributed by atoms with van der Waals surface area (Å²) in [6.45, 7) is 3.64. The highest BCUT2D eigenvalue weighted by atomic mass is 32.2. The minimum Gasteiger partial charge on any atom is -0.507 e. The number of amidine groups is 1. The number of hydrogen-bond donors (Lipinski definition) is 2. The van der Waals surface area contributed by atoms with Crippen molar-refractivity contribution in [3.05, 3.63) is 42.0 Å². The van der Waals surface area contributed by atoms with E-state index in [2.05, 4.69) is 22.1 Å². The SMILES string of the molecule is C=CCc1cccc(/C=N/N=C2/NC(=O)CS2)c1O. The topological polar surface area (TPSA) is 74.0 Å². The zero-order chi connectivity index (χ0) is 13.7. The second-order valence-corrected chi connectivity index (χ2v) is 4.80. The summed E-state index contributed by atoms with van der Waals surface area (Å²) < 4.78 is 0. The van der Waals surface area contributed by atoms with Gasteiger partial charge in [0.15, 0.2) is 5.17 Å². The van der Waals surface area contributed by atoms with E-state index in [1.54, 1.807) is 12.1 Å². The smallest absolute Gasteiger partial charge is 0.236 e. The number of thioether (sulfide) groups is 1. The van der Waals surface area contributed by atoms with Crippen LogP contribution in [-0.2, 0) is 11.2 Å². The van der Waals surface area contributed by atoms with Gasteiger partial charge in [-0.25, -0.2) is 0 Å². The van der Waals surface area contributed by atoms with Gasteiger partial charge in [-0.1, -0.05) is 30.0 Å². The summed E-state index contributed by atoms with van der Waals surface area (Å²) in [4.78, 5) is 10.9. The summed E-state index contributed by atoms with van der Waals surface area (Å²) in [5, 5.41) is 20.8. The maximum atomic E-state index is 10.9. The summed E-state index contributed by atoms with van der Waals surface area (Å²) in [5.74, 6) is 0.471. The lowest BCUT2D eigenvalue weighted by Gasteiger charge is -2.03. The molecular weight excluding hydrogens is 262 g/mol. The van der Waals surface area contributed by atoms with Crippen molar-refractivity contribution >= 4 is 29.1 Å². The predicted octanol–water partition coefficient (Wildman–Crippen LogP) is 1.67. The van der Waals surface area contributed by atoms with E-state index in [9.17, 15) is 9.90 Å². The number of hydrogen-bond acceptors (Lipinski definition) is 5. The van der Waals surface area contributed by atoms with Gasteiger partial charge in [-0.05, 0) is 18.1 Å². The van der Waals surface area contributed by atoms with Crippen molar-refractivity contribution in [1.29, 1.82) is 0 Å². The fourth-order valence-electron chi connectivity index (χ4n) is 1.56. The number of carbonyl (C=O) groups excluding carboxylic acids is 1. The number of carbonyl (C=O) groups is 1. The molecule has 1 heterocycles. The maximum Gasteiger partial charge on any atom is 0.236 e. The second-order valence-electron chi connectivity index (χ2n) is 3.83. The first-order chi connectivity index (χ1) is 9.20. The molecule has 0 spiro atoms. The molecule has 0 aromatic heterocycles. The van der Waals surface area contributed by atoms with Crippen LogP contribution < -0.4 is 5.32 Å². The molecule has 1 amide bonds. The molecule has 6 heteroatoms. The van der Waals surface area contributed by atoms with Gasteiger partial charge in [0.25, 0.3) is 0 Å². The highest BCUT2D eigenvalue weighted by Crippen LogP contribution is 2.21. The van der Waals surface area contributed by atoms with Gasteiger partial charge in [0.05, 0.1) is 12.0 Å². The van der Waals surface area contributed by atoms with Crippen LogP contribution in [0.2, 0.25) is 0 Å². The number of nitrogens with zero attached hydrogens (tertiary/aromatic N) is 2. The van der Waals surface area contributed by atoms with E-state index in [0.29, 0.717) is 22.9 Å². The van der Waals surface area contributed by atoms with Crippen LogP contribution in [0, 0.1) is 0 Å². The molecule has 0 bridgehead atoms. The minimum atomic E-state index is -0.0743. The Labute approximate surface area is 115 Å². The van der Waals surface area contributed by atoms with Crippen LogP contribution in [0.1, 0.15) is 11.1 Å².